The van der Waals surface area contributed by atoms with Gasteiger partial charge in [-0.1, -0.05) is 44.9 Å². The zero-order valence-corrected chi connectivity index (χ0v) is 10.7. The summed E-state index contributed by atoms with van der Waals surface area (Å²) in [5, 5.41) is 0. The summed E-state index contributed by atoms with van der Waals surface area (Å²) in [6.07, 6.45) is 13.3. The van der Waals surface area contributed by atoms with Crippen LogP contribution in [-0.2, 0) is 9.63 Å². The first kappa shape index (κ1) is 12.9. The molecule has 1 amide bonds. The van der Waals surface area contributed by atoms with Gasteiger partial charge in [-0.3, -0.25) is 9.63 Å². The Hall–Kier alpha value is -0.570. The third-order valence-corrected chi connectivity index (χ3v) is 4.10. The van der Waals surface area contributed by atoms with E-state index in [9.17, 15) is 4.79 Å². The lowest BCUT2D eigenvalue weighted by molar-refractivity contribution is -0.144. The summed E-state index contributed by atoms with van der Waals surface area (Å²) in [5.74, 6) is 0.318. The molecule has 2 rings (SSSR count). The van der Waals surface area contributed by atoms with Crippen molar-refractivity contribution >= 4 is 5.91 Å². The largest absolute Gasteiger partial charge is 0.273 e. The lowest BCUT2D eigenvalue weighted by Crippen LogP contribution is -2.35. The van der Waals surface area contributed by atoms with Gasteiger partial charge in [0, 0.05) is 5.92 Å². The number of hydrogen-bond acceptors (Lipinski definition) is 2. The van der Waals surface area contributed by atoms with Gasteiger partial charge in [0.2, 0.25) is 5.91 Å². The van der Waals surface area contributed by atoms with Gasteiger partial charge < -0.3 is 0 Å². The van der Waals surface area contributed by atoms with E-state index in [0.29, 0.717) is 0 Å². The van der Waals surface area contributed by atoms with Crippen LogP contribution in [0, 0.1) is 5.92 Å². The molecule has 0 aliphatic heterocycles. The van der Waals surface area contributed by atoms with Gasteiger partial charge in [0.05, 0.1) is 6.10 Å². The van der Waals surface area contributed by atoms with E-state index < -0.39 is 0 Å². The zero-order valence-electron chi connectivity index (χ0n) is 10.7. The smallest absolute Gasteiger partial charge is 0.246 e. The maximum atomic E-state index is 12.0. The predicted octanol–water partition coefficient (Wildman–Crippen LogP) is 3.34. The molecule has 2 fully saturated rings. The molecule has 2 saturated carbocycles. The van der Waals surface area contributed by atoms with Gasteiger partial charge in [-0.25, -0.2) is 5.48 Å². The lowest BCUT2D eigenvalue weighted by atomic mass is 9.98. The summed E-state index contributed by atoms with van der Waals surface area (Å²) in [4.78, 5) is 17.5. The number of carbonyl (C=O) groups is 1. The molecule has 2 aliphatic rings. The number of carbonyl (C=O) groups excluding carboxylic acids is 1. The van der Waals surface area contributed by atoms with Crippen molar-refractivity contribution in [2.24, 2.45) is 5.92 Å². The van der Waals surface area contributed by atoms with E-state index in [-0.39, 0.29) is 17.9 Å². The van der Waals surface area contributed by atoms with E-state index in [1.54, 1.807) is 0 Å². The SMILES string of the molecule is O=C(NOC1CCCCC1)C1CCCCCC1. The highest BCUT2D eigenvalue weighted by Crippen LogP contribution is 2.23. The molecule has 3 nitrogen and oxygen atoms in total. The van der Waals surface area contributed by atoms with E-state index in [2.05, 4.69) is 5.48 Å². The second kappa shape index (κ2) is 7.00. The van der Waals surface area contributed by atoms with Crippen molar-refractivity contribution in [1.82, 2.24) is 5.48 Å². The van der Waals surface area contributed by atoms with Gasteiger partial charge in [0.1, 0.15) is 0 Å². The summed E-state index contributed by atoms with van der Waals surface area (Å²) < 4.78 is 0. The highest BCUT2D eigenvalue weighted by molar-refractivity contribution is 5.77. The lowest BCUT2D eigenvalue weighted by Gasteiger charge is -2.23. The third-order valence-electron chi connectivity index (χ3n) is 4.10. The Bertz CT molecular complexity index is 228. The second-order valence-corrected chi connectivity index (χ2v) is 5.53. The molecule has 0 aromatic rings. The van der Waals surface area contributed by atoms with Crippen molar-refractivity contribution in [3.05, 3.63) is 0 Å². The fourth-order valence-corrected chi connectivity index (χ4v) is 2.95. The van der Waals surface area contributed by atoms with Crippen LogP contribution >= 0.6 is 0 Å². The fourth-order valence-electron chi connectivity index (χ4n) is 2.95. The van der Waals surface area contributed by atoms with E-state index in [1.807, 2.05) is 0 Å². The maximum absolute atomic E-state index is 12.0. The van der Waals surface area contributed by atoms with Gasteiger partial charge in [-0.05, 0) is 25.7 Å². The molecule has 0 bridgehead atoms. The van der Waals surface area contributed by atoms with Crippen molar-refractivity contribution < 1.29 is 9.63 Å². The van der Waals surface area contributed by atoms with Gasteiger partial charge in [0.25, 0.3) is 0 Å². The number of amides is 1. The Kier molecular flexibility index (Phi) is 5.30. The molecule has 0 radical (unpaired) electrons. The van der Waals surface area contributed by atoms with Crippen LogP contribution in [0.25, 0.3) is 0 Å². The minimum atomic E-state index is 0.123. The summed E-state index contributed by atoms with van der Waals surface area (Å²) in [6, 6.07) is 0. The Morgan fingerprint density at radius 3 is 2.00 bits per heavy atom. The van der Waals surface area contributed by atoms with Crippen molar-refractivity contribution in [2.75, 3.05) is 0 Å². The molecule has 3 heteroatoms. The Morgan fingerprint density at radius 2 is 1.35 bits per heavy atom. The van der Waals surface area contributed by atoms with Crippen LogP contribution in [0.2, 0.25) is 0 Å². The van der Waals surface area contributed by atoms with E-state index >= 15 is 0 Å². The molecule has 0 unspecified atom stereocenters. The van der Waals surface area contributed by atoms with Crippen LogP contribution in [-0.4, -0.2) is 12.0 Å². The fraction of sp³-hybridized carbons (Fsp3) is 0.929. The topological polar surface area (TPSA) is 38.3 Å². The molecule has 0 atom stereocenters. The average Bonchev–Trinajstić information content (AvgIpc) is 2.66. The molecule has 0 saturated heterocycles. The minimum Gasteiger partial charge on any atom is -0.273 e. The van der Waals surface area contributed by atoms with Crippen LogP contribution in [0.15, 0.2) is 0 Å². The standard InChI is InChI=1S/C14H25NO2/c16-14(12-8-4-1-2-5-9-12)15-17-13-10-6-3-7-11-13/h12-13H,1-11H2,(H,15,16). The molecular formula is C14H25NO2. The Labute approximate surface area is 104 Å². The molecule has 0 heterocycles. The summed E-state index contributed by atoms with van der Waals surface area (Å²) in [7, 11) is 0. The number of hydrogen-bond donors (Lipinski definition) is 1. The van der Waals surface area contributed by atoms with Crippen molar-refractivity contribution in [2.45, 2.75) is 76.7 Å². The van der Waals surface area contributed by atoms with Gasteiger partial charge >= 0.3 is 0 Å². The van der Waals surface area contributed by atoms with Crippen LogP contribution in [0.1, 0.15) is 70.6 Å². The van der Waals surface area contributed by atoms with Gasteiger partial charge in [-0.15, -0.1) is 0 Å². The van der Waals surface area contributed by atoms with Gasteiger partial charge in [-0.2, -0.15) is 0 Å². The molecular weight excluding hydrogens is 214 g/mol. The summed E-state index contributed by atoms with van der Waals surface area (Å²) >= 11 is 0. The van der Waals surface area contributed by atoms with Gasteiger partial charge in [0.15, 0.2) is 0 Å². The minimum absolute atomic E-state index is 0.123. The summed E-state index contributed by atoms with van der Waals surface area (Å²) in [6.45, 7) is 0. The Morgan fingerprint density at radius 1 is 0.824 bits per heavy atom. The molecule has 0 aromatic heterocycles. The number of nitrogens with one attached hydrogen (secondary N) is 1. The molecule has 17 heavy (non-hydrogen) atoms. The molecule has 0 aromatic carbocycles. The highest BCUT2D eigenvalue weighted by atomic mass is 16.7. The van der Waals surface area contributed by atoms with Crippen molar-refractivity contribution in [1.29, 1.82) is 0 Å². The molecule has 2 aliphatic carbocycles. The zero-order chi connectivity index (χ0) is 11.9. The number of rotatable bonds is 3. The molecule has 1 N–H and O–H groups in total. The van der Waals surface area contributed by atoms with E-state index in [4.69, 9.17) is 4.84 Å². The van der Waals surface area contributed by atoms with Crippen LogP contribution in [0.3, 0.4) is 0 Å². The van der Waals surface area contributed by atoms with Crippen LogP contribution in [0.4, 0.5) is 0 Å². The average molecular weight is 239 g/mol. The van der Waals surface area contributed by atoms with E-state index in [1.165, 1.54) is 44.9 Å². The molecule has 98 valence electrons. The van der Waals surface area contributed by atoms with Crippen LogP contribution in [0.5, 0.6) is 0 Å². The second-order valence-electron chi connectivity index (χ2n) is 5.53. The van der Waals surface area contributed by atoms with Crippen molar-refractivity contribution in [3.63, 3.8) is 0 Å². The van der Waals surface area contributed by atoms with Crippen LogP contribution < -0.4 is 5.48 Å². The van der Waals surface area contributed by atoms with E-state index in [0.717, 1.165) is 25.7 Å². The monoisotopic (exact) mass is 239 g/mol. The third kappa shape index (κ3) is 4.30. The first-order valence-corrected chi connectivity index (χ1v) is 7.32. The normalized spacial score (nSPS) is 24.2. The first-order valence-electron chi connectivity index (χ1n) is 7.32. The number of hydroxylamine groups is 1. The predicted molar refractivity (Wildman–Crippen MR) is 67.3 cm³/mol. The summed E-state index contributed by atoms with van der Waals surface area (Å²) in [5.41, 5.74) is 2.71. The Balaban J connectivity index is 1.68. The quantitative estimate of drug-likeness (QED) is 0.606. The molecule has 0 spiro atoms. The van der Waals surface area contributed by atoms with Crippen molar-refractivity contribution in [3.8, 4) is 0 Å². The maximum Gasteiger partial charge on any atom is 0.246 e. The first-order chi connectivity index (χ1) is 8.36. The highest BCUT2D eigenvalue weighted by Gasteiger charge is 2.22.